The number of hydrogen-bond acceptors (Lipinski definition) is 9. The number of phenolic OH excluding ortho intramolecular Hbond substituents is 1. The van der Waals surface area contributed by atoms with Crippen molar-refractivity contribution in [2.75, 3.05) is 19.0 Å². The smallest absolute Gasteiger partial charge is 0.360 e. The maximum Gasteiger partial charge on any atom is 0.360 e. The second kappa shape index (κ2) is 7.81. The second-order valence-electron chi connectivity index (χ2n) is 5.52. The first-order valence-electron chi connectivity index (χ1n) is 8.22. The average molecular weight is 373 g/mol. The molecule has 0 bridgehead atoms. The molecule has 2 heterocycles. The topological polar surface area (TPSA) is 120 Å². The van der Waals surface area contributed by atoms with Crippen LogP contribution in [0.4, 0.5) is 6.01 Å². The third kappa shape index (κ3) is 4.02. The Morgan fingerprint density at radius 1 is 1.33 bits per heavy atom. The summed E-state index contributed by atoms with van der Waals surface area (Å²) < 4.78 is 20.7. The van der Waals surface area contributed by atoms with E-state index in [0.29, 0.717) is 28.7 Å². The SMILES string of the molecule is CCOC(=O)c1coc(NCc2nc(-c3ccc(OC)c(O)c3)oc2C)n1. The van der Waals surface area contributed by atoms with Crippen LogP contribution in [0.15, 0.2) is 33.3 Å². The third-order valence-electron chi connectivity index (χ3n) is 3.71. The van der Waals surface area contributed by atoms with Crippen molar-refractivity contribution in [2.24, 2.45) is 0 Å². The largest absolute Gasteiger partial charge is 0.504 e. The number of hydrogen-bond donors (Lipinski definition) is 2. The summed E-state index contributed by atoms with van der Waals surface area (Å²) in [6.45, 7) is 4.03. The lowest BCUT2D eigenvalue weighted by molar-refractivity contribution is 0.0519. The summed E-state index contributed by atoms with van der Waals surface area (Å²) in [5.41, 5.74) is 1.34. The van der Waals surface area contributed by atoms with Crippen LogP contribution in [-0.2, 0) is 11.3 Å². The Kier molecular flexibility index (Phi) is 5.30. The molecule has 0 amide bonds. The van der Waals surface area contributed by atoms with Gasteiger partial charge < -0.3 is 28.7 Å². The monoisotopic (exact) mass is 373 g/mol. The van der Waals surface area contributed by atoms with Crippen molar-refractivity contribution in [1.29, 1.82) is 0 Å². The molecular weight excluding hydrogens is 354 g/mol. The number of aryl methyl sites for hydroxylation is 1. The van der Waals surface area contributed by atoms with Gasteiger partial charge in [-0.3, -0.25) is 0 Å². The van der Waals surface area contributed by atoms with E-state index in [0.717, 1.165) is 0 Å². The quantitative estimate of drug-likeness (QED) is 0.602. The normalized spacial score (nSPS) is 10.6. The van der Waals surface area contributed by atoms with Crippen molar-refractivity contribution in [2.45, 2.75) is 20.4 Å². The first-order valence-corrected chi connectivity index (χ1v) is 8.22. The van der Waals surface area contributed by atoms with Gasteiger partial charge in [0.15, 0.2) is 17.2 Å². The van der Waals surface area contributed by atoms with Crippen molar-refractivity contribution >= 4 is 12.0 Å². The summed E-state index contributed by atoms with van der Waals surface area (Å²) in [6, 6.07) is 5.05. The van der Waals surface area contributed by atoms with Gasteiger partial charge >= 0.3 is 5.97 Å². The minimum absolute atomic E-state index is 0.00296. The number of nitrogens with one attached hydrogen (secondary N) is 1. The predicted octanol–water partition coefficient (Wildman–Crippen LogP) is 3.14. The molecule has 9 nitrogen and oxygen atoms in total. The molecule has 0 radical (unpaired) electrons. The number of methoxy groups -OCH3 is 1. The first-order chi connectivity index (χ1) is 13.0. The van der Waals surface area contributed by atoms with Crippen LogP contribution in [0.2, 0.25) is 0 Å². The molecule has 0 atom stereocenters. The van der Waals surface area contributed by atoms with Crippen LogP contribution in [0.3, 0.4) is 0 Å². The summed E-state index contributed by atoms with van der Waals surface area (Å²) in [5.74, 6) is 0.780. The third-order valence-corrected chi connectivity index (χ3v) is 3.71. The molecule has 0 saturated carbocycles. The minimum atomic E-state index is -0.548. The molecule has 2 aromatic heterocycles. The van der Waals surface area contributed by atoms with Gasteiger partial charge in [0.2, 0.25) is 5.89 Å². The minimum Gasteiger partial charge on any atom is -0.504 e. The molecule has 0 unspecified atom stereocenters. The molecule has 0 aliphatic heterocycles. The Hall–Kier alpha value is -3.49. The van der Waals surface area contributed by atoms with Crippen molar-refractivity contribution in [3.8, 4) is 23.0 Å². The lowest BCUT2D eigenvalue weighted by atomic mass is 10.2. The van der Waals surface area contributed by atoms with E-state index in [1.807, 2.05) is 0 Å². The van der Waals surface area contributed by atoms with Crippen LogP contribution >= 0.6 is 0 Å². The number of carbonyl (C=O) groups is 1. The summed E-state index contributed by atoms with van der Waals surface area (Å²) in [5, 5.41) is 12.8. The molecule has 0 spiro atoms. The van der Waals surface area contributed by atoms with Crippen LogP contribution in [0.5, 0.6) is 11.5 Å². The van der Waals surface area contributed by atoms with E-state index in [9.17, 15) is 9.90 Å². The molecule has 142 valence electrons. The maximum absolute atomic E-state index is 11.6. The number of anilines is 1. The first kappa shape index (κ1) is 18.3. The highest BCUT2D eigenvalue weighted by Crippen LogP contribution is 2.31. The van der Waals surface area contributed by atoms with Gasteiger partial charge in [-0.2, -0.15) is 4.98 Å². The van der Waals surface area contributed by atoms with Gasteiger partial charge in [0.05, 0.1) is 20.3 Å². The number of benzene rings is 1. The van der Waals surface area contributed by atoms with Gasteiger partial charge in [0, 0.05) is 5.56 Å². The molecule has 0 saturated heterocycles. The van der Waals surface area contributed by atoms with Crippen LogP contribution in [0.1, 0.15) is 28.9 Å². The summed E-state index contributed by atoms with van der Waals surface area (Å²) in [7, 11) is 1.48. The number of carbonyl (C=O) groups excluding carboxylic acids is 1. The molecule has 3 aromatic rings. The summed E-state index contributed by atoms with van der Waals surface area (Å²) in [4.78, 5) is 20.0. The fraction of sp³-hybridized carbons (Fsp3) is 0.278. The number of oxazole rings is 2. The Balaban J connectivity index is 1.70. The highest BCUT2D eigenvalue weighted by molar-refractivity contribution is 5.87. The lowest BCUT2D eigenvalue weighted by Crippen LogP contribution is -2.06. The molecule has 1 aromatic carbocycles. The molecule has 27 heavy (non-hydrogen) atoms. The molecule has 2 N–H and O–H groups in total. The summed E-state index contributed by atoms with van der Waals surface area (Å²) in [6.07, 6.45) is 1.22. The predicted molar refractivity (Wildman–Crippen MR) is 94.7 cm³/mol. The fourth-order valence-electron chi connectivity index (χ4n) is 2.35. The van der Waals surface area contributed by atoms with Crippen molar-refractivity contribution in [3.63, 3.8) is 0 Å². The van der Waals surface area contributed by atoms with Crippen molar-refractivity contribution in [1.82, 2.24) is 9.97 Å². The highest BCUT2D eigenvalue weighted by Gasteiger charge is 2.16. The number of esters is 1. The van der Waals surface area contributed by atoms with Crippen molar-refractivity contribution in [3.05, 3.63) is 41.6 Å². The van der Waals surface area contributed by atoms with Crippen LogP contribution in [0.25, 0.3) is 11.5 Å². The zero-order chi connectivity index (χ0) is 19.4. The Morgan fingerprint density at radius 2 is 2.15 bits per heavy atom. The number of phenols is 1. The Labute approximate surface area is 154 Å². The molecule has 0 fully saturated rings. The molecule has 0 aliphatic rings. The number of ether oxygens (including phenoxy) is 2. The van der Waals surface area contributed by atoms with E-state index < -0.39 is 5.97 Å². The van der Waals surface area contributed by atoms with Crippen LogP contribution in [-0.4, -0.2) is 34.8 Å². The maximum atomic E-state index is 11.6. The van der Waals surface area contributed by atoms with Gasteiger partial charge in [-0.1, -0.05) is 0 Å². The van der Waals surface area contributed by atoms with Gasteiger partial charge in [-0.15, -0.1) is 0 Å². The molecule has 3 rings (SSSR count). The average Bonchev–Trinajstić information content (AvgIpc) is 3.27. The zero-order valence-electron chi connectivity index (χ0n) is 15.1. The van der Waals surface area contributed by atoms with E-state index in [2.05, 4.69) is 15.3 Å². The van der Waals surface area contributed by atoms with Crippen LogP contribution < -0.4 is 10.1 Å². The number of aromatic hydroxyl groups is 1. The lowest BCUT2D eigenvalue weighted by Gasteiger charge is -2.03. The Morgan fingerprint density at radius 3 is 2.85 bits per heavy atom. The fourth-order valence-corrected chi connectivity index (χ4v) is 2.35. The van der Waals surface area contributed by atoms with Crippen LogP contribution in [0, 0.1) is 6.92 Å². The van der Waals surface area contributed by atoms with E-state index in [1.165, 1.54) is 19.4 Å². The van der Waals surface area contributed by atoms with E-state index >= 15 is 0 Å². The van der Waals surface area contributed by atoms with E-state index in [-0.39, 0.29) is 30.6 Å². The number of nitrogens with zero attached hydrogens (tertiary/aromatic N) is 2. The summed E-state index contributed by atoms with van der Waals surface area (Å²) >= 11 is 0. The molecule has 0 aliphatic carbocycles. The van der Waals surface area contributed by atoms with E-state index in [4.69, 9.17) is 18.3 Å². The highest BCUT2D eigenvalue weighted by atomic mass is 16.5. The second-order valence-corrected chi connectivity index (χ2v) is 5.52. The zero-order valence-corrected chi connectivity index (χ0v) is 15.1. The molecular formula is C18H19N3O6. The standard InChI is InChI=1S/C18H19N3O6/c1-4-25-17(23)13-9-26-18(21-13)19-8-12-10(2)27-16(20-12)11-5-6-15(24-3)14(22)7-11/h5-7,9,22H,4,8H2,1-3H3,(H,19,21). The Bertz CT molecular complexity index is 946. The van der Waals surface area contributed by atoms with E-state index in [1.54, 1.807) is 26.0 Å². The van der Waals surface area contributed by atoms with Gasteiger partial charge in [0.1, 0.15) is 17.7 Å². The van der Waals surface area contributed by atoms with Gasteiger partial charge in [-0.05, 0) is 32.0 Å². The van der Waals surface area contributed by atoms with Crippen molar-refractivity contribution < 1.29 is 28.2 Å². The number of aromatic nitrogens is 2. The van der Waals surface area contributed by atoms with Gasteiger partial charge in [-0.25, -0.2) is 9.78 Å². The number of rotatable bonds is 7. The molecule has 9 heteroatoms. The van der Waals surface area contributed by atoms with Gasteiger partial charge in [0.25, 0.3) is 6.01 Å².